The lowest BCUT2D eigenvalue weighted by molar-refractivity contribution is 0.220. The van der Waals surface area contributed by atoms with E-state index in [1.807, 2.05) is 12.4 Å². The molecule has 1 aromatic rings. The summed E-state index contributed by atoms with van der Waals surface area (Å²) in [6.07, 6.45) is 7.45. The van der Waals surface area contributed by atoms with Crippen molar-refractivity contribution in [1.82, 2.24) is 20.2 Å². The van der Waals surface area contributed by atoms with Crippen LogP contribution in [0.5, 0.6) is 0 Å². The molecule has 0 spiro atoms. The van der Waals surface area contributed by atoms with E-state index in [1.165, 1.54) is 25.9 Å². The molecule has 0 bridgehead atoms. The number of nitrogens with zero attached hydrogens (tertiary/aromatic N) is 4. The molecule has 1 saturated heterocycles. The van der Waals surface area contributed by atoms with E-state index in [0.29, 0.717) is 6.04 Å². The Labute approximate surface area is 128 Å². The van der Waals surface area contributed by atoms with Gasteiger partial charge in [0.1, 0.15) is 0 Å². The maximum Gasteiger partial charge on any atom is 0.225 e. The Morgan fingerprint density at radius 2 is 1.90 bits per heavy atom. The maximum atomic E-state index is 4.53. The molecule has 0 aromatic carbocycles. The molecule has 0 amide bonds. The third-order valence-corrected chi connectivity index (χ3v) is 4.32. The highest BCUT2D eigenvalue weighted by Gasteiger charge is 2.22. The van der Waals surface area contributed by atoms with Gasteiger partial charge < -0.3 is 15.1 Å². The number of nitrogens with one attached hydrogen (secondary N) is 1. The number of anilines is 1. The number of piperidine rings is 1. The molecule has 1 fully saturated rings. The van der Waals surface area contributed by atoms with Gasteiger partial charge in [0.25, 0.3) is 0 Å². The first kappa shape index (κ1) is 16.2. The second-order valence-electron chi connectivity index (χ2n) is 5.84. The van der Waals surface area contributed by atoms with E-state index in [4.69, 9.17) is 0 Å². The third-order valence-electron chi connectivity index (χ3n) is 4.32. The monoisotopic (exact) mass is 291 g/mol. The minimum absolute atomic E-state index is 0.567. The minimum Gasteiger partial charge on any atom is -0.341 e. The zero-order chi connectivity index (χ0) is 15.1. The fourth-order valence-corrected chi connectivity index (χ4v) is 2.82. The van der Waals surface area contributed by atoms with Crippen molar-refractivity contribution in [3.63, 3.8) is 0 Å². The average molecular weight is 291 g/mol. The molecule has 1 aliphatic rings. The molecule has 1 N–H and O–H groups in total. The Balaban J connectivity index is 1.86. The number of hydrogen-bond donors (Lipinski definition) is 1. The quantitative estimate of drug-likeness (QED) is 0.777. The highest BCUT2D eigenvalue weighted by atomic mass is 15.3. The van der Waals surface area contributed by atoms with Gasteiger partial charge in [0.2, 0.25) is 5.95 Å². The van der Waals surface area contributed by atoms with Crippen molar-refractivity contribution in [2.24, 2.45) is 0 Å². The van der Waals surface area contributed by atoms with Gasteiger partial charge in [-0.05, 0) is 32.4 Å². The lowest BCUT2D eigenvalue weighted by Gasteiger charge is -2.36. The molecule has 118 valence electrons. The maximum absolute atomic E-state index is 4.53. The second-order valence-corrected chi connectivity index (χ2v) is 5.84. The van der Waals surface area contributed by atoms with Crippen molar-refractivity contribution in [1.29, 1.82) is 0 Å². The molecule has 21 heavy (non-hydrogen) atoms. The molecule has 5 heteroatoms. The minimum atomic E-state index is 0.567. The topological polar surface area (TPSA) is 44.3 Å². The van der Waals surface area contributed by atoms with E-state index >= 15 is 0 Å². The third kappa shape index (κ3) is 4.64. The van der Waals surface area contributed by atoms with Crippen molar-refractivity contribution in [3.05, 3.63) is 18.0 Å². The van der Waals surface area contributed by atoms with Crippen molar-refractivity contribution in [2.75, 3.05) is 38.1 Å². The molecule has 1 aliphatic heterocycles. The van der Waals surface area contributed by atoms with Crippen LogP contribution in [-0.2, 0) is 6.54 Å². The van der Waals surface area contributed by atoms with E-state index in [9.17, 15) is 0 Å². The van der Waals surface area contributed by atoms with Crippen molar-refractivity contribution < 1.29 is 0 Å². The summed E-state index contributed by atoms with van der Waals surface area (Å²) >= 11 is 0. The second kappa shape index (κ2) is 8.29. The van der Waals surface area contributed by atoms with Crippen LogP contribution >= 0.6 is 0 Å². The predicted octanol–water partition coefficient (Wildman–Crippen LogP) is 1.90. The molecule has 0 unspecified atom stereocenters. The van der Waals surface area contributed by atoms with E-state index in [-0.39, 0.29) is 0 Å². The summed E-state index contributed by atoms with van der Waals surface area (Å²) in [5, 5.41) is 3.38. The van der Waals surface area contributed by atoms with Crippen LogP contribution in [-0.4, -0.2) is 54.1 Å². The van der Waals surface area contributed by atoms with Gasteiger partial charge in [-0.1, -0.05) is 13.8 Å². The van der Waals surface area contributed by atoms with E-state index in [1.54, 1.807) is 0 Å². The Hall–Kier alpha value is -1.20. The van der Waals surface area contributed by atoms with Crippen LogP contribution in [0.1, 0.15) is 38.7 Å². The van der Waals surface area contributed by atoms with Crippen LogP contribution in [0, 0.1) is 0 Å². The van der Waals surface area contributed by atoms with E-state index < -0.39 is 0 Å². The summed E-state index contributed by atoms with van der Waals surface area (Å²) in [7, 11) is 2.12. The van der Waals surface area contributed by atoms with Crippen molar-refractivity contribution >= 4 is 5.95 Å². The Bertz CT molecular complexity index is 398. The first-order valence-corrected chi connectivity index (χ1v) is 8.21. The molecular weight excluding hydrogens is 262 g/mol. The molecule has 0 aliphatic carbocycles. The normalized spacial score (nSPS) is 17.1. The molecule has 0 atom stereocenters. The number of aromatic nitrogens is 2. The van der Waals surface area contributed by atoms with Crippen LogP contribution in [0.2, 0.25) is 0 Å². The van der Waals surface area contributed by atoms with Crippen LogP contribution in [0.3, 0.4) is 0 Å². The van der Waals surface area contributed by atoms with Gasteiger partial charge >= 0.3 is 0 Å². The molecule has 2 heterocycles. The smallest absolute Gasteiger partial charge is 0.225 e. The summed E-state index contributed by atoms with van der Waals surface area (Å²) in [6.45, 7) is 9.83. The van der Waals surface area contributed by atoms with Gasteiger partial charge in [-0.15, -0.1) is 0 Å². The van der Waals surface area contributed by atoms with Gasteiger partial charge in [-0.25, -0.2) is 9.97 Å². The molecule has 2 rings (SSSR count). The lowest BCUT2D eigenvalue weighted by Crippen LogP contribution is -2.43. The summed E-state index contributed by atoms with van der Waals surface area (Å²) in [5.74, 6) is 0.851. The highest BCUT2D eigenvalue weighted by molar-refractivity contribution is 5.30. The molecule has 1 aromatic heterocycles. The van der Waals surface area contributed by atoms with E-state index in [2.05, 4.69) is 46.0 Å². The Kier molecular flexibility index (Phi) is 6.39. The first-order valence-electron chi connectivity index (χ1n) is 8.21. The summed E-state index contributed by atoms with van der Waals surface area (Å²) in [5.41, 5.74) is 1.15. The zero-order valence-corrected chi connectivity index (χ0v) is 13.7. The highest BCUT2D eigenvalue weighted by Crippen LogP contribution is 2.18. The molecule has 0 saturated carbocycles. The Morgan fingerprint density at radius 1 is 1.24 bits per heavy atom. The predicted molar refractivity (Wildman–Crippen MR) is 87.6 cm³/mol. The SMILES string of the molecule is CCCNCc1cnc(N(C)C2CCN(CC)CC2)nc1. The first-order chi connectivity index (χ1) is 10.2. The fraction of sp³-hybridized carbons (Fsp3) is 0.750. The number of likely N-dealkylation sites (tertiary alicyclic amines) is 1. The van der Waals surface area contributed by atoms with Crippen molar-refractivity contribution in [2.45, 2.75) is 45.7 Å². The average Bonchev–Trinajstić information content (AvgIpc) is 2.55. The molecular formula is C16H29N5. The van der Waals surface area contributed by atoms with Crippen LogP contribution < -0.4 is 10.2 Å². The van der Waals surface area contributed by atoms with Gasteiger partial charge in [-0.2, -0.15) is 0 Å². The van der Waals surface area contributed by atoms with Gasteiger partial charge in [-0.3, -0.25) is 0 Å². The zero-order valence-electron chi connectivity index (χ0n) is 13.7. The standard InChI is InChI=1S/C16H29N5/c1-4-8-17-11-14-12-18-16(19-13-14)20(3)15-6-9-21(5-2)10-7-15/h12-13,15,17H,4-11H2,1-3H3. The van der Waals surface area contributed by atoms with Gasteiger partial charge in [0.15, 0.2) is 0 Å². The molecule has 0 radical (unpaired) electrons. The summed E-state index contributed by atoms with van der Waals surface area (Å²) < 4.78 is 0. The summed E-state index contributed by atoms with van der Waals surface area (Å²) in [4.78, 5) is 13.8. The van der Waals surface area contributed by atoms with E-state index in [0.717, 1.165) is 37.6 Å². The lowest BCUT2D eigenvalue weighted by atomic mass is 10.0. The van der Waals surface area contributed by atoms with Crippen LogP contribution in [0.15, 0.2) is 12.4 Å². The number of hydrogen-bond acceptors (Lipinski definition) is 5. The van der Waals surface area contributed by atoms with Crippen LogP contribution in [0.4, 0.5) is 5.95 Å². The van der Waals surface area contributed by atoms with Crippen molar-refractivity contribution in [3.8, 4) is 0 Å². The van der Waals surface area contributed by atoms with Crippen LogP contribution in [0.25, 0.3) is 0 Å². The molecule has 5 nitrogen and oxygen atoms in total. The largest absolute Gasteiger partial charge is 0.341 e. The van der Waals surface area contributed by atoms with Gasteiger partial charge in [0, 0.05) is 50.7 Å². The number of rotatable bonds is 7. The Morgan fingerprint density at radius 3 is 2.48 bits per heavy atom. The fourth-order valence-electron chi connectivity index (χ4n) is 2.82. The van der Waals surface area contributed by atoms with Gasteiger partial charge in [0.05, 0.1) is 0 Å². The summed E-state index contributed by atoms with van der Waals surface area (Å²) in [6, 6.07) is 0.567.